The summed E-state index contributed by atoms with van der Waals surface area (Å²) in [5.74, 6) is -1.40. The van der Waals surface area contributed by atoms with Crippen molar-refractivity contribution in [3.63, 3.8) is 0 Å². The first-order chi connectivity index (χ1) is 14.9. The van der Waals surface area contributed by atoms with Crippen LogP contribution >= 0.6 is 11.3 Å². The number of halogens is 1. The Balaban J connectivity index is 1.69. The van der Waals surface area contributed by atoms with E-state index in [2.05, 4.69) is 5.32 Å². The van der Waals surface area contributed by atoms with E-state index in [4.69, 9.17) is 4.74 Å². The Kier molecular flexibility index (Phi) is 5.91. The number of pyridine rings is 1. The Morgan fingerprint density at radius 2 is 2.03 bits per heavy atom. The van der Waals surface area contributed by atoms with Crippen LogP contribution in [0.15, 0.2) is 29.1 Å². The van der Waals surface area contributed by atoms with Gasteiger partial charge < -0.3 is 14.6 Å². The van der Waals surface area contributed by atoms with Gasteiger partial charge in [-0.25, -0.2) is 9.18 Å². The van der Waals surface area contributed by atoms with Gasteiger partial charge in [-0.15, -0.1) is 11.3 Å². The second kappa shape index (κ2) is 8.63. The summed E-state index contributed by atoms with van der Waals surface area (Å²) in [6.45, 7) is 3.47. The van der Waals surface area contributed by atoms with Crippen molar-refractivity contribution >= 4 is 39.1 Å². The van der Waals surface area contributed by atoms with E-state index < -0.39 is 17.7 Å². The Labute approximate surface area is 182 Å². The van der Waals surface area contributed by atoms with Crippen LogP contribution in [0.3, 0.4) is 0 Å². The number of esters is 1. The quantitative estimate of drug-likeness (QED) is 0.601. The van der Waals surface area contributed by atoms with Gasteiger partial charge in [0.1, 0.15) is 17.4 Å². The molecule has 1 aliphatic rings. The number of carbonyl (C=O) groups is 2. The van der Waals surface area contributed by atoms with Crippen LogP contribution in [0.4, 0.5) is 9.39 Å². The van der Waals surface area contributed by atoms with Crippen LogP contribution in [0.25, 0.3) is 10.9 Å². The smallest absolute Gasteiger partial charge is 0.341 e. The number of ether oxygens (including phenoxy) is 1. The number of thiophene rings is 1. The molecule has 1 aliphatic carbocycles. The third kappa shape index (κ3) is 3.99. The van der Waals surface area contributed by atoms with E-state index in [-0.39, 0.29) is 29.5 Å². The lowest BCUT2D eigenvalue weighted by atomic mass is 9.95. The molecule has 0 aliphatic heterocycles. The molecule has 162 valence electrons. The van der Waals surface area contributed by atoms with E-state index in [9.17, 15) is 18.8 Å². The van der Waals surface area contributed by atoms with E-state index in [1.54, 1.807) is 19.9 Å². The minimum absolute atomic E-state index is 0.0961. The summed E-state index contributed by atoms with van der Waals surface area (Å²) in [5.41, 5.74) is 1.68. The molecule has 0 spiro atoms. The number of carbonyl (C=O) groups excluding carboxylic acids is 2. The normalized spacial score (nSPS) is 13.1. The Morgan fingerprint density at radius 1 is 1.26 bits per heavy atom. The first kappa shape index (κ1) is 21.2. The SMILES string of the molecule is CCOC(=O)c1c(NC(=O)Cn2c(C)cc(=O)c3cccc(F)c32)sc2c1CCCC2. The van der Waals surface area contributed by atoms with Crippen LogP contribution in [-0.2, 0) is 28.9 Å². The van der Waals surface area contributed by atoms with Gasteiger partial charge in [-0.05, 0) is 57.2 Å². The Morgan fingerprint density at radius 3 is 2.81 bits per heavy atom. The highest BCUT2D eigenvalue weighted by Gasteiger charge is 2.27. The first-order valence-corrected chi connectivity index (χ1v) is 11.1. The van der Waals surface area contributed by atoms with Crippen molar-refractivity contribution in [1.29, 1.82) is 0 Å². The summed E-state index contributed by atoms with van der Waals surface area (Å²) >= 11 is 1.40. The molecule has 4 rings (SSSR count). The predicted octanol–water partition coefficient (Wildman–Crippen LogP) is 4.20. The van der Waals surface area contributed by atoms with Crippen molar-refractivity contribution in [2.45, 2.75) is 46.1 Å². The molecule has 0 fully saturated rings. The number of anilines is 1. The maximum atomic E-state index is 14.5. The fourth-order valence-corrected chi connectivity index (χ4v) is 5.39. The van der Waals surface area contributed by atoms with E-state index in [1.165, 1.54) is 34.1 Å². The molecule has 0 radical (unpaired) electrons. The topological polar surface area (TPSA) is 77.4 Å². The van der Waals surface area contributed by atoms with Gasteiger partial charge in [0.15, 0.2) is 5.43 Å². The van der Waals surface area contributed by atoms with Crippen molar-refractivity contribution in [3.8, 4) is 0 Å². The van der Waals surface area contributed by atoms with Gasteiger partial charge >= 0.3 is 5.97 Å². The number of hydrogen-bond acceptors (Lipinski definition) is 5. The number of rotatable bonds is 5. The number of fused-ring (bicyclic) bond motifs is 2. The summed E-state index contributed by atoms with van der Waals surface area (Å²) in [5, 5.41) is 3.53. The van der Waals surface area contributed by atoms with Crippen LogP contribution in [0.2, 0.25) is 0 Å². The van der Waals surface area contributed by atoms with Crippen molar-refractivity contribution in [3.05, 3.63) is 62.0 Å². The van der Waals surface area contributed by atoms with Crippen molar-refractivity contribution in [1.82, 2.24) is 4.57 Å². The predicted molar refractivity (Wildman–Crippen MR) is 118 cm³/mol. The molecule has 6 nitrogen and oxygen atoms in total. The second-order valence-electron chi connectivity index (χ2n) is 7.56. The molecule has 2 heterocycles. The number of para-hydroxylation sites is 1. The number of aryl methyl sites for hydroxylation is 2. The first-order valence-electron chi connectivity index (χ1n) is 10.3. The Bertz CT molecular complexity index is 1240. The van der Waals surface area contributed by atoms with Crippen LogP contribution < -0.4 is 10.7 Å². The molecule has 0 atom stereocenters. The van der Waals surface area contributed by atoms with E-state index in [0.29, 0.717) is 16.3 Å². The van der Waals surface area contributed by atoms with E-state index >= 15 is 0 Å². The number of amides is 1. The lowest BCUT2D eigenvalue weighted by molar-refractivity contribution is -0.116. The van der Waals surface area contributed by atoms with Crippen LogP contribution in [0.5, 0.6) is 0 Å². The van der Waals surface area contributed by atoms with Crippen molar-refractivity contribution < 1.29 is 18.7 Å². The molecule has 0 bridgehead atoms. The van der Waals surface area contributed by atoms with Gasteiger partial charge in [0, 0.05) is 22.0 Å². The maximum Gasteiger partial charge on any atom is 0.341 e. The number of hydrogen-bond donors (Lipinski definition) is 1. The molecule has 3 aromatic rings. The van der Waals surface area contributed by atoms with Gasteiger partial charge in [-0.2, -0.15) is 0 Å². The number of benzene rings is 1. The average Bonchev–Trinajstić information content (AvgIpc) is 3.09. The van der Waals surface area contributed by atoms with Gasteiger partial charge in [-0.1, -0.05) is 6.07 Å². The second-order valence-corrected chi connectivity index (χ2v) is 8.66. The van der Waals surface area contributed by atoms with E-state index in [1.807, 2.05) is 0 Å². The molecule has 0 saturated carbocycles. The van der Waals surface area contributed by atoms with E-state index in [0.717, 1.165) is 36.1 Å². The molecule has 1 aromatic carbocycles. The van der Waals surface area contributed by atoms with Crippen LogP contribution in [0, 0.1) is 12.7 Å². The highest BCUT2D eigenvalue weighted by molar-refractivity contribution is 7.17. The number of nitrogens with one attached hydrogen (secondary N) is 1. The largest absolute Gasteiger partial charge is 0.462 e. The summed E-state index contributed by atoms with van der Waals surface area (Å²) < 4.78 is 21.3. The standard InChI is InChI=1S/C23H23FN2O4S/c1-3-30-23(29)20-15-7-4-5-10-18(15)31-22(20)25-19(28)12-26-13(2)11-17(27)14-8-6-9-16(24)21(14)26/h6,8-9,11H,3-5,7,10,12H2,1-2H3,(H,25,28). The molecule has 8 heteroatoms. The van der Waals surface area contributed by atoms with Gasteiger partial charge in [0.25, 0.3) is 0 Å². The van der Waals surface area contributed by atoms with Gasteiger partial charge in [-0.3, -0.25) is 9.59 Å². The highest BCUT2D eigenvalue weighted by Crippen LogP contribution is 2.38. The zero-order chi connectivity index (χ0) is 22.1. The fraction of sp³-hybridized carbons (Fsp3) is 0.348. The third-order valence-corrected chi connectivity index (χ3v) is 6.70. The summed E-state index contributed by atoms with van der Waals surface area (Å²) in [6.07, 6.45) is 3.69. The highest BCUT2D eigenvalue weighted by atomic mass is 32.1. The molecule has 0 unspecified atom stereocenters. The van der Waals surface area contributed by atoms with Crippen LogP contribution in [-0.4, -0.2) is 23.1 Å². The third-order valence-electron chi connectivity index (χ3n) is 5.49. The van der Waals surface area contributed by atoms with Gasteiger partial charge in [0.05, 0.1) is 17.7 Å². The lowest BCUT2D eigenvalue weighted by Crippen LogP contribution is -2.23. The molecular weight excluding hydrogens is 419 g/mol. The number of nitrogens with zero attached hydrogens (tertiary/aromatic N) is 1. The maximum absolute atomic E-state index is 14.5. The van der Waals surface area contributed by atoms with Crippen LogP contribution in [0.1, 0.15) is 46.3 Å². The molecule has 0 saturated heterocycles. The molecule has 31 heavy (non-hydrogen) atoms. The van der Waals surface area contributed by atoms with Gasteiger partial charge in [0.2, 0.25) is 5.91 Å². The Hall–Kier alpha value is -3.00. The van der Waals surface area contributed by atoms with Crippen molar-refractivity contribution in [2.75, 3.05) is 11.9 Å². The monoisotopic (exact) mass is 442 g/mol. The zero-order valence-electron chi connectivity index (χ0n) is 17.4. The number of aromatic nitrogens is 1. The molecule has 2 aromatic heterocycles. The molecule has 1 N–H and O–H groups in total. The summed E-state index contributed by atoms with van der Waals surface area (Å²) in [4.78, 5) is 38.9. The summed E-state index contributed by atoms with van der Waals surface area (Å²) in [6, 6.07) is 5.67. The minimum Gasteiger partial charge on any atom is -0.462 e. The summed E-state index contributed by atoms with van der Waals surface area (Å²) in [7, 11) is 0. The molecular formula is C23H23FN2O4S. The zero-order valence-corrected chi connectivity index (χ0v) is 18.2. The molecule has 1 amide bonds. The fourth-order valence-electron chi connectivity index (χ4n) is 4.10. The average molecular weight is 443 g/mol. The lowest BCUT2D eigenvalue weighted by Gasteiger charge is -2.15. The minimum atomic E-state index is -0.565. The van der Waals surface area contributed by atoms with Crippen molar-refractivity contribution in [2.24, 2.45) is 0 Å².